The first kappa shape index (κ1) is 45.6. The molecule has 9 aromatic carbocycles. The van der Waals surface area contributed by atoms with Crippen LogP contribution >= 0.6 is 0 Å². The SMILES string of the molecule is O=C1OC2(c3ccccc3Oc3ccccc32)c2cccc(CCS(=O)(=O)O)c21.O=C1OC2(c3ccccc3Oc3ccccc32)c2ccccc21.O=C1OC2(c3ccccc3Oc3ccccc32)c2ccccc21. The van der Waals surface area contributed by atoms with E-state index in [4.69, 9.17) is 33.0 Å². The van der Waals surface area contributed by atoms with Crippen LogP contribution in [0.4, 0.5) is 0 Å². The van der Waals surface area contributed by atoms with Crippen LogP contribution in [0, 0.1) is 0 Å². The topological polar surface area (TPSA) is 161 Å². The number of carbonyl (C=O) groups excluding carboxylic acids is 3. The van der Waals surface area contributed by atoms with Gasteiger partial charge in [0.15, 0.2) is 16.8 Å². The van der Waals surface area contributed by atoms with E-state index in [2.05, 4.69) is 0 Å². The van der Waals surface area contributed by atoms with Crippen LogP contribution in [0.5, 0.6) is 34.5 Å². The molecule has 0 aliphatic carbocycles. The van der Waals surface area contributed by atoms with Crippen molar-refractivity contribution < 1.29 is 55.8 Å². The Morgan fingerprint density at radius 3 is 0.960 bits per heavy atom. The van der Waals surface area contributed by atoms with Crippen LogP contribution in [0.15, 0.2) is 212 Å². The number of hydrogen-bond donors (Lipinski definition) is 1. The first-order chi connectivity index (χ1) is 36.5. The van der Waals surface area contributed by atoms with Crippen LogP contribution < -0.4 is 14.2 Å². The number of hydrogen-bond acceptors (Lipinski definition) is 11. The second-order valence-corrected chi connectivity index (χ2v) is 20.0. The van der Waals surface area contributed by atoms with Crippen molar-refractivity contribution in [1.29, 1.82) is 0 Å². The van der Waals surface area contributed by atoms with Gasteiger partial charge in [-0.25, -0.2) is 14.4 Å². The zero-order chi connectivity index (χ0) is 51.1. The summed E-state index contributed by atoms with van der Waals surface area (Å²) in [5.74, 6) is 2.46. The van der Waals surface area contributed by atoms with Gasteiger partial charge in [0.2, 0.25) is 0 Å². The smallest absolute Gasteiger partial charge is 0.340 e. The molecule has 75 heavy (non-hydrogen) atoms. The molecule has 3 spiro atoms. The minimum Gasteiger partial charge on any atom is -0.456 e. The lowest BCUT2D eigenvalue weighted by Gasteiger charge is -2.36. The summed E-state index contributed by atoms with van der Waals surface area (Å²) in [4.78, 5) is 38.0. The van der Waals surface area contributed by atoms with Gasteiger partial charge in [-0.1, -0.05) is 164 Å². The van der Waals surface area contributed by atoms with E-state index in [1.165, 1.54) is 0 Å². The standard InChI is InChI=1S/C22H16O6S.2C20H12O3/c23-21-20-14(12-13-29(24,25)26)6-5-9-17(20)22(28-21)15-7-1-3-10-18(15)27-19-11-4-2-8-16(19)22;2*21-19-13-7-1-2-8-14(13)20(23-19)15-9-3-5-11-17(15)22-18-12-6-4-10-16(18)20/h1-11H,12-13H2,(H,24,25,26);2*1-12H. The summed E-state index contributed by atoms with van der Waals surface area (Å²) in [5, 5.41) is 0. The van der Waals surface area contributed by atoms with Gasteiger partial charge in [0, 0.05) is 50.1 Å². The van der Waals surface area contributed by atoms with E-state index in [9.17, 15) is 22.8 Å². The molecular weight excluding hydrogens is 969 g/mol. The predicted molar refractivity (Wildman–Crippen MR) is 274 cm³/mol. The molecule has 0 saturated heterocycles. The number of esters is 3. The van der Waals surface area contributed by atoms with Crippen molar-refractivity contribution in [2.24, 2.45) is 0 Å². The van der Waals surface area contributed by atoms with Gasteiger partial charge in [0.1, 0.15) is 34.5 Å². The molecule has 9 aromatic rings. The first-order valence-corrected chi connectivity index (χ1v) is 25.7. The molecule has 15 rings (SSSR count). The van der Waals surface area contributed by atoms with Gasteiger partial charge in [-0.15, -0.1) is 0 Å². The molecule has 0 radical (unpaired) electrons. The summed E-state index contributed by atoms with van der Waals surface area (Å²) in [5.41, 5.74) is 6.26. The Morgan fingerprint density at radius 2 is 0.613 bits per heavy atom. The van der Waals surface area contributed by atoms with Crippen LogP contribution in [-0.4, -0.2) is 36.6 Å². The average molecular weight is 1010 g/mol. The maximum absolute atomic E-state index is 13.0. The summed E-state index contributed by atoms with van der Waals surface area (Å²) >= 11 is 0. The van der Waals surface area contributed by atoms with Crippen molar-refractivity contribution in [2.45, 2.75) is 23.2 Å². The maximum atomic E-state index is 13.0. The van der Waals surface area contributed by atoms with Gasteiger partial charge < -0.3 is 28.4 Å². The van der Waals surface area contributed by atoms with Crippen molar-refractivity contribution in [3.63, 3.8) is 0 Å². The van der Waals surface area contributed by atoms with Crippen molar-refractivity contribution in [3.8, 4) is 34.5 Å². The molecule has 6 aliphatic rings. The third-order valence-corrected chi connectivity index (χ3v) is 15.1. The van der Waals surface area contributed by atoms with E-state index >= 15 is 0 Å². The van der Waals surface area contributed by atoms with Crippen molar-refractivity contribution in [1.82, 2.24) is 0 Å². The van der Waals surface area contributed by atoms with Crippen LogP contribution in [0.1, 0.15) is 86.7 Å². The molecule has 1 N–H and O–H groups in total. The van der Waals surface area contributed by atoms with E-state index in [1.54, 1.807) is 12.1 Å². The highest BCUT2D eigenvalue weighted by Crippen LogP contribution is 2.59. The van der Waals surface area contributed by atoms with Crippen molar-refractivity contribution >= 4 is 28.0 Å². The quantitative estimate of drug-likeness (QED) is 0.101. The zero-order valence-electron chi connectivity index (χ0n) is 39.5. The molecule has 0 saturated carbocycles. The second kappa shape index (κ2) is 17.2. The summed E-state index contributed by atoms with van der Waals surface area (Å²) in [7, 11) is -4.16. The zero-order valence-corrected chi connectivity index (χ0v) is 40.3. The second-order valence-electron chi connectivity index (χ2n) is 18.5. The van der Waals surface area contributed by atoms with Gasteiger partial charge >= 0.3 is 17.9 Å². The highest BCUT2D eigenvalue weighted by molar-refractivity contribution is 7.85. The normalized spacial score (nSPS) is 16.0. The van der Waals surface area contributed by atoms with Crippen molar-refractivity contribution in [3.05, 3.63) is 285 Å². The maximum Gasteiger partial charge on any atom is 0.340 e. The van der Waals surface area contributed by atoms with Crippen LogP contribution in [0.2, 0.25) is 0 Å². The molecule has 0 fully saturated rings. The Balaban J connectivity index is 0.000000109. The molecule has 6 heterocycles. The van der Waals surface area contributed by atoms with E-state index in [-0.39, 0.29) is 18.4 Å². The molecule has 366 valence electrons. The van der Waals surface area contributed by atoms with Crippen LogP contribution in [0.3, 0.4) is 0 Å². The number of benzene rings is 9. The Bertz CT molecular complexity index is 3700. The third kappa shape index (κ3) is 6.92. The molecule has 0 unspecified atom stereocenters. The van der Waals surface area contributed by atoms with Crippen molar-refractivity contribution in [2.75, 3.05) is 5.75 Å². The van der Waals surface area contributed by atoms with E-state index in [0.717, 1.165) is 56.4 Å². The summed E-state index contributed by atoms with van der Waals surface area (Å²) < 4.78 is 67.7. The summed E-state index contributed by atoms with van der Waals surface area (Å²) in [6.45, 7) is 0. The fourth-order valence-corrected chi connectivity index (χ4v) is 11.8. The molecule has 0 amide bonds. The lowest BCUT2D eigenvalue weighted by molar-refractivity contribution is 0.0214. The average Bonchev–Trinajstić information content (AvgIpc) is 4.07. The highest BCUT2D eigenvalue weighted by atomic mass is 32.2. The number of fused-ring (bicyclic) bond motifs is 18. The summed E-state index contributed by atoms with van der Waals surface area (Å²) in [6, 6.07) is 66.0. The molecule has 0 atom stereocenters. The molecular formula is C62H40O12S. The molecule has 12 nitrogen and oxygen atoms in total. The Hall–Kier alpha value is -9.30. The molecule has 6 aliphatic heterocycles. The molecule has 0 aromatic heterocycles. The largest absolute Gasteiger partial charge is 0.456 e. The summed E-state index contributed by atoms with van der Waals surface area (Å²) in [6.07, 6.45) is 0.00692. The first-order valence-electron chi connectivity index (χ1n) is 24.1. The molecule has 0 bridgehead atoms. The van der Waals surface area contributed by atoms with E-state index < -0.39 is 38.6 Å². The number of aryl methyl sites for hydroxylation is 1. The number of rotatable bonds is 3. The fraction of sp³-hybridized carbons (Fsp3) is 0.0806. The van der Waals surface area contributed by atoms with E-state index in [1.807, 2.05) is 200 Å². The predicted octanol–water partition coefficient (Wildman–Crippen LogP) is 12.2. The lowest BCUT2D eigenvalue weighted by Crippen LogP contribution is -2.32. The number of ether oxygens (including phenoxy) is 6. The minimum absolute atomic E-state index is 0.00692. The number of carbonyl (C=O) groups is 3. The highest BCUT2D eigenvalue weighted by Gasteiger charge is 2.56. The fourth-order valence-electron chi connectivity index (χ4n) is 11.3. The van der Waals surface area contributed by atoms with Gasteiger partial charge in [0.25, 0.3) is 10.1 Å². The monoisotopic (exact) mass is 1010 g/mol. The minimum atomic E-state index is -4.16. The van der Waals surface area contributed by atoms with Gasteiger partial charge in [-0.3, -0.25) is 4.55 Å². The number of para-hydroxylation sites is 6. The van der Waals surface area contributed by atoms with Crippen LogP contribution in [-0.2, 0) is 47.6 Å². The van der Waals surface area contributed by atoms with Gasteiger partial charge in [-0.05, 0) is 60.5 Å². The Morgan fingerprint density at radius 1 is 0.333 bits per heavy atom. The van der Waals surface area contributed by atoms with E-state index in [0.29, 0.717) is 50.4 Å². The third-order valence-electron chi connectivity index (χ3n) is 14.4. The van der Waals surface area contributed by atoms with Crippen LogP contribution in [0.25, 0.3) is 0 Å². The van der Waals surface area contributed by atoms with Gasteiger partial charge in [0.05, 0.1) is 22.4 Å². The lowest BCUT2D eigenvalue weighted by atomic mass is 9.77. The molecule has 13 heteroatoms. The Labute approximate surface area is 430 Å². The van der Waals surface area contributed by atoms with Gasteiger partial charge in [-0.2, -0.15) is 8.42 Å². The Kier molecular flexibility index (Phi) is 10.4.